The molecule has 98 valence electrons. The maximum Gasteiger partial charge on any atom is 0.233 e. The molecule has 0 aliphatic heterocycles. The predicted octanol–water partition coefficient (Wildman–Crippen LogP) is 0.493. The first-order valence-corrected chi connectivity index (χ1v) is 6.33. The minimum atomic E-state index is -0.623. The largest absolute Gasteiger partial charge is 0.392 e. The van der Waals surface area contributed by atoms with Crippen LogP contribution in [0.3, 0.4) is 0 Å². The summed E-state index contributed by atoms with van der Waals surface area (Å²) in [5.41, 5.74) is 5.03. The first kappa shape index (κ1) is 12.9. The molecule has 0 spiro atoms. The van der Waals surface area contributed by atoms with E-state index >= 15 is 0 Å². The van der Waals surface area contributed by atoms with Gasteiger partial charge in [-0.2, -0.15) is 4.98 Å². The highest BCUT2D eigenvalue weighted by Gasteiger charge is 2.46. The number of aryl methyl sites for hydroxylation is 1. The van der Waals surface area contributed by atoms with Gasteiger partial charge in [0.25, 0.3) is 0 Å². The van der Waals surface area contributed by atoms with E-state index in [0.29, 0.717) is 29.7 Å². The summed E-state index contributed by atoms with van der Waals surface area (Å²) >= 11 is 4.98. The number of nitrogens with one attached hydrogen (secondary N) is 1. The predicted molar refractivity (Wildman–Crippen MR) is 68.8 cm³/mol. The second-order valence-corrected chi connectivity index (χ2v) is 4.98. The summed E-state index contributed by atoms with van der Waals surface area (Å²) in [5.74, 6) is 1.03. The van der Waals surface area contributed by atoms with E-state index in [1.165, 1.54) is 0 Å². The lowest BCUT2D eigenvalue weighted by atomic mass is 9.68. The van der Waals surface area contributed by atoms with Crippen LogP contribution < -0.4 is 11.1 Å². The van der Waals surface area contributed by atoms with E-state index in [-0.39, 0.29) is 5.91 Å². The third-order valence-electron chi connectivity index (χ3n) is 3.32. The Balaban J connectivity index is 1.83. The van der Waals surface area contributed by atoms with Gasteiger partial charge in [0.2, 0.25) is 11.8 Å². The number of rotatable bonds is 5. The average Bonchev–Trinajstić information content (AvgIpc) is 2.61. The molecular weight excluding hydrogens is 252 g/mol. The highest BCUT2D eigenvalue weighted by molar-refractivity contribution is 7.80. The molecule has 18 heavy (non-hydrogen) atoms. The van der Waals surface area contributed by atoms with Crippen molar-refractivity contribution < 1.29 is 9.32 Å². The van der Waals surface area contributed by atoms with E-state index in [9.17, 15) is 4.79 Å². The van der Waals surface area contributed by atoms with Crippen LogP contribution in [0.4, 0.5) is 0 Å². The van der Waals surface area contributed by atoms with Gasteiger partial charge < -0.3 is 15.6 Å². The smallest absolute Gasteiger partial charge is 0.233 e. The molecule has 1 amide bonds. The van der Waals surface area contributed by atoms with Gasteiger partial charge in [0.15, 0.2) is 5.82 Å². The zero-order valence-electron chi connectivity index (χ0n) is 10.2. The summed E-state index contributed by atoms with van der Waals surface area (Å²) < 4.78 is 4.85. The second kappa shape index (κ2) is 5.01. The lowest BCUT2D eigenvalue weighted by molar-refractivity contribution is -0.130. The molecule has 0 unspecified atom stereocenters. The Morgan fingerprint density at radius 1 is 1.61 bits per heavy atom. The fraction of sp³-hybridized carbons (Fsp3) is 0.636. The molecule has 0 bridgehead atoms. The summed E-state index contributed by atoms with van der Waals surface area (Å²) in [5, 5.41) is 6.59. The van der Waals surface area contributed by atoms with Gasteiger partial charge in [-0.15, -0.1) is 0 Å². The molecule has 0 aromatic carbocycles. The van der Waals surface area contributed by atoms with Gasteiger partial charge in [0, 0.05) is 19.9 Å². The van der Waals surface area contributed by atoms with Gasteiger partial charge in [-0.1, -0.05) is 23.8 Å². The molecule has 1 aromatic rings. The van der Waals surface area contributed by atoms with Crippen LogP contribution in [0.25, 0.3) is 0 Å². The zero-order chi connectivity index (χ0) is 13.2. The van der Waals surface area contributed by atoms with E-state index in [1.54, 1.807) is 6.92 Å². The summed E-state index contributed by atoms with van der Waals surface area (Å²) in [4.78, 5) is 16.4. The number of amides is 1. The number of nitrogens with two attached hydrogens (primary N) is 1. The third-order valence-corrected chi connectivity index (χ3v) is 3.71. The van der Waals surface area contributed by atoms with Crippen LogP contribution in [0.15, 0.2) is 4.52 Å². The van der Waals surface area contributed by atoms with Crippen LogP contribution in [-0.2, 0) is 11.2 Å². The van der Waals surface area contributed by atoms with Crippen molar-refractivity contribution in [3.05, 3.63) is 11.7 Å². The minimum absolute atomic E-state index is 0.0820. The van der Waals surface area contributed by atoms with Crippen molar-refractivity contribution >= 4 is 23.1 Å². The molecule has 1 saturated carbocycles. The highest BCUT2D eigenvalue weighted by Crippen LogP contribution is 2.41. The van der Waals surface area contributed by atoms with Crippen molar-refractivity contribution in [3.63, 3.8) is 0 Å². The summed E-state index contributed by atoms with van der Waals surface area (Å²) in [6, 6.07) is 0. The van der Waals surface area contributed by atoms with E-state index in [4.69, 9.17) is 22.5 Å². The molecule has 3 N–H and O–H groups in total. The van der Waals surface area contributed by atoms with E-state index in [1.807, 2.05) is 0 Å². The number of thiocarbonyl (C=S) groups is 1. The second-order valence-electron chi connectivity index (χ2n) is 4.54. The van der Waals surface area contributed by atoms with E-state index in [2.05, 4.69) is 15.5 Å². The molecule has 1 fully saturated rings. The Labute approximate surface area is 110 Å². The molecule has 0 atom stereocenters. The Morgan fingerprint density at radius 2 is 2.33 bits per heavy atom. The van der Waals surface area contributed by atoms with Gasteiger partial charge >= 0.3 is 0 Å². The van der Waals surface area contributed by atoms with Crippen molar-refractivity contribution in [2.24, 2.45) is 11.1 Å². The zero-order valence-corrected chi connectivity index (χ0v) is 11.0. The first-order valence-electron chi connectivity index (χ1n) is 5.92. The Morgan fingerprint density at radius 3 is 2.78 bits per heavy atom. The number of nitrogens with zero attached hydrogens (tertiary/aromatic N) is 2. The molecule has 6 nitrogen and oxygen atoms in total. The molecular formula is C11H16N4O2S. The lowest BCUT2D eigenvalue weighted by Gasteiger charge is -2.39. The van der Waals surface area contributed by atoms with Crippen LogP contribution in [0, 0.1) is 12.3 Å². The molecule has 1 heterocycles. The minimum Gasteiger partial charge on any atom is -0.392 e. The Bertz CT molecular complexity index is 467. The average molecular weight is 268 g/mol. The van der Waals surface area contributed by atoms with Gasteiger partial charge in [0.05, 0.1) is 10.4 Å². The topological polar surface area (TPSA) is 94.0 Å². The van der Waals surface area contributed by atoms with Crippen LogP contribution in [0.2, 0.25) is 0 Å². The lowest BCUT2D eigenvalue weighted by Crippen LogP contribution is -2.53. The van der Waals surface area contributed by atoms with Crippen molar-refractivity contribution in [2.75, 3.05) is 6.54 Å². The molecule has 1 aliphatic rings. The molecule has 0 saturated heterocycles. The van der Waals surface area contributed by atoms with Crippen LogP contribution in [0.1, 0.15) is 31.0 Å². The Hall–Kier alpha value is -1.50. The normalized spacial score (nSPS) is 16.9. The number of carbonyl (C=O) groups excluding carboxylic acids is 1. The monoisotopic (exact) mass is 268 g/mol. The first-order chi connectivity index (χ1) is 8.54. The standard InChI is InChI=1S/C11H16N4O2S/c1-7-14-8(15-17-7)3-6-13-10(16)11(9(12)18)4-2-5-11/h2-6H2,1H3,(H2,12,18)(H,13,16). The molecule has 1 aromatic heterocycles. The maximum absolute atomic E-state index is 12.0. The summed E-state index contributed by atoms with van der Waals surface area (Å²) in [6.45, 7) is 2.19. The molecule has 2 rings (SSSR count). The van der Waals surface area contributed by atoms with Crippen LogP contribution >= 0.6 is 12.2 Å². The maximum atomic E-state index is 12.0. The van der Waals surface area contributed by atoms with Gasteiger partial charge in [-0.3, -0.25) is 4.79 Å². The van der Waals surface area contributed by atoms with Crippen molar-refractivity contribution in [1.29, 1.82) is 0 Å². The fourth-order valence-corrected chi connectivity index (χ4v) is 2.31. The quantitative estimate of drug-likeness (QED) is 0.755. The van der Waals surface area contributed by atoms with Crippen molar-refractivity contribution in [3.8, 4) is 0 Å². The van der Waals surface area contributed by atoms with E-state index < -0.39 is 5.41 Å². The van der Waals surface area contributed by atoms with E-state index in [0.717, 1.165) is 19.3 Å². The summed E-state index contributed by atoms with van der Waals surface area (Å²) in [6.07, 6.45) is 3.02. The number of aromatic nitrogens is 2. The molecule has 7 heteroatoms. The van der Waals surface area contributed by atoms with Gasteiger partial charge in [-0.25, -0.2) is 0 Å². The highest BCUT2D eigenvalue weighted by atomic mass is 32.1. The fourth-order valence-electron chi connectivity index (χ4n) is 2.02. The Kier molecular flexibility index (Phi) is 3.60. The number of carbonyl (C=O) groups is 1. The van der Waals surface area contributed by atoms with Gasteiger partial charge in [0.1, 0.15) is 0 Å². The molecule has 0 radical (unpaired) electrons. The van der Waals surface area contributed by atoms with Crippen LogP contribution in [0.5, 0.6) is 0 Å². The summed E-state index contributed by atoms with van der Waals surface area (Å²) in [7, 11) is 0. The van der Waals surface area contributed by atoms with Crippen molar-refractivity contribution in [2.45, 2.75) is 32.6 Å². The SMILES string of the molecule is Cc1nc(CCNC(=O)C2(C(N)=S)CCC2)no1. The van der Waals surface area contributed by atoms with Gasteiger partial charge in [-0.05, 0) is 12.8 Å². The third kappa shape index (κ3) is 2.35. The van der Waals surface area contributed by atoms with Crippen molar-refractivity contribution in [1.82, 2.24) is 15.5 Å². The number of hydrogen-bond acceptors (Lipinski definition) is 5. The van der Waals surface area contributed by atoms with Crippen LogP contribution in [-0.4, -0.2) is 27.6 Å². The number of hydrogen-bond donors (Lipinski definition) is 2. The molecule has 1 aliphatic carbocycles.